The lowest BCUT2D eigenvalue weighted by molar-refractivity contribution is 0.102. The van der Waals surface area contributed by atoms with Crippen LogP contribution in [0.2, 0.25) is 0 Å². The van der Waals surface area contributed by atoms with Crippen molar-refractivity contribution in [2.24, 2.45) is 0 Å². The smallest absolute Gasteiger partial charge is 0.259 e. The van der Waals surface area contributed by atoms with E-state index in [-0.39, 0.29) is 5.91 Å². The molecule has 0 atom stereocenters. The Kier molecular flexibility index (Phi) is 4.70. The second-order valence-electron chi connectivity index (χ2n) is 5.52. The summed E-state index contributed by atoms with van der Waals surface area (Å²) in [7, 11) is 0. The number of thiazole rings is 1. The molecule has 0 aliphatic carbocycles. The summed E-state index contributed by atoms with van der Waals surface area (Å²) < 4.78 is 0. The fourth-order valence-electron chi connectivity index (χ4n) is 2.65. The van der Waals surface area contributed by atoms with Gasteiger partial charge in [0.15, 0.2) is 5.13 Å². The fraction of sp³-hybridized carbons (Fsp3) is 0.375. The highest BCUT2D eigenvalue weighted by atomic mass is 32.1. The molecule has 1 fully saturated rings. The largest absolute Gasteiger partial charge is 0.398 e. The summed E-state index contributed by atoms with van der Waals surface area (Å²) in [4.78, 5) is 19.1. The number of amides is 1. The van der Waals surface area contributed by atoms with Gasteiger partial charge in [0.05, 0.1) is 11.3 Å². The topological polar surface area (TPSA) is 71.2 Å². The van der Waals surface area contributed by atoms with Crippen LogP contribution in [0.25, 0.3) is 0 Å². The van der Waals surface area contributed by atoms with E-state index < -0.39 is 0 Å². The molecule has 116 valence electrons. The molecule has 3 rings (SSSR count). The lowest BCUT2D eigenvalue weighted by Crippen LogP contribution is -2.29. The maximum absolute atomic E-state index is 12.2. The summed E-state index contributed by atoms with van der Waals surface area (Å²) >= 11 is 1.46. The summed E-state index contributed by atoms with van der Waals surface area (Å²) in [5.74, 6) is -0.211. The Balaban J connectivity index is 1.61. The van der Waals surface area contributed by atoms with Gasteiger partial charge in [-0.15, -0.1) is 11.3 Å². The average molecular weight is 316 g/mol. The first-order chi connectivity index (χ1) is 10.7. The van der Waals surface area contributed by atoms with Crippen LogP contribution in [0.1, 0.15) is 35.3 Å². The van der Waals surface area contributed by atoms with Crippen molar-refractivity contribution in [3.8, 4) is 0 Å². The number of piperidine rings is 1. The zero-order valence-electron chi connectivity index (χ0n) is 12.4. The van der Waals surface area contributed by atoms with Crippen LogP contribution in [0, 0.1) is 0 Å². The Morgan fingerprint density at radius 2 is 2.05 bits per heavy atom. The van der Waals surface area contributed by atoms with Gasteiger partial charge in [-0.05, 0) is 38.1 Å². The van der Waals surface area contributed by atoms with E-state index in [9.17, 15) is 4.79 Å². The quantitative estimate of drug-likeness (QED) is 0.851. The minimum absolute atomic E-state index is 0.211. The van der Waals surface area contributed by atoms with Crippen molar-refractivity contribution in [2.45, 2.75) is 25.8 Å². The van der Waals surface area contributed by atoms with E-state index in [0.717, 1.165) is 25.3 Å². The first kappa shape index (κ1) is 15.0. The predicted molar refractivity (Wildman–Crippen MR) is 90.0 cm³/mol. The molecule has 0 spiro atoms. The molecule has 6 heteroatoms. The molecule has 0 unspecified atom stereocenters. The first-order valence-electron chi connectivity index (χ1n) is 7.55. The van der Waals surface area contributed by atoms with Crippen LogP contribution >= 0.6 is 11.3 Å². The molecule has 1 aromatic carbocycles. The summed E-state index contributed by atoms with van der Waals surface area (Å²) in [5.41, 5.74) is 7.80. The molecule has 0 bridgehead atoms. The number of para-hydroxylation sites is 1. The van der Waals surface area contributed by atoms with Crippen molar-refractivity contribution in [2.75, 3.05) is 24.1 Å². The molecule has 5 nitrogen and oxygen atoms in total. The van der Waals surface area contributed by atoms with Gasteiger partial charge < -0.3 is 5.73 Å². The van der Waals surface area contributed by atoms with E-state index >= 15 is 0 Å². The van der Waals surface area contributed by atoms with E-state index in [0.29, 0.717) is 16.4 Å². The molecular formula is C16H20N4OS. The first-order valence-corrected chi connectivity index (χ1v) is 8.43. The zero-order valence-corrected chi connectivity index (χ0v) is 13.2. The van der Waals surface area contributed by atoms with Crippen LogP contribution in [0.3, 0.4) is 0 Å². The minimum atomic E-state index is -0.211. The number of nitrogens with zero attached hydrogens (tertiary/aromatic N) is 2. The lowest BCUT2D eigenvalue weighted by atomic mass is 10.1. The standard InChI is InChI=1S/C16H20N4OS/c17-14-7-3-2-6-13(14)15(21)19-16-18-12(11-22-16)10-20-8-4-1-5-9-20/h2-3,6-7,11H,1,4-5,8-10,17H2,(H,18,19,21). The average Bonchev–Trinajstić information content (AvgIpc) is 2.95. The van der Waals surface area contributed by atoms with Gasteiger partial charge in [-0.3, -0.25) is 15.0 Å². The molecule has 0 saturated carbocycles. The predicted octanol–water partition coefficient (Wildman–Crippen LogP) is 2.96. The summed E-state index contributed by atoms with van der Waals surface area (Å²) in [6, 6.07) is 7.05. The molecule has 1 aliphatic rings. The maximum atomic E-state index is 12.2. The number of hydrogen-bond donors (Lipinski definition) is 2. The number of nitrogen functional groups attached to an aromatic ring is 1. The Morgan fingerprint density at radius 1 is 1.27 bits per heavy atom. The number of nitrogens with two attached hydrogens (primary N) is 1. The Bertz CT molecular complexity index is 649. The van der Waals surface area contributed by atoms with Crippen molar-refractivity contribution in [1.29, 1.82) is 0 Å². The summed E-state index contributed by atoms with van der Waals surface area (Å²) in [5, 5.41) is 5.46. The SMILES string of the molecule is Nc1ccccc1C(=O)Nc1nc(CN2CCCCC2)cs1. The lowest BCUT2D eigenvalue weighted by Gasteiger charge is -2.25. The zero-order chi connectivity index (χ0) is 15.4. The second kappa shape index (κ2) is 6.89. The highest BCUT2D eigenvalue weighted by molar-refractivity contribution is 7.14. The summed E-state index contributed by atoms with van der Waals surface area (Å²) in [6.45, 7) is 3.14. The minimum Gasteiger partial charge on any atom is -0.398 e. The number of anilines is 2. The Labute approximate surface area is 134 Å². The molecule has 1 saturated heterocycles. The van der Waals surface area contributed by atoms with Gasteiger partial charge in [-0.2, -0.15) is 0 Å². The third-order valence-corrected chi connectivity index (χ3v) is 4.62. The van der Waals surface area contributed by atoms with Gasteiger partial charge in [-0.25, -0.2) is 4.98 Å². The molecule has 2 heterocycles. The van der Waals surface area contributed by atoms with Crippen LogP contribution in [-0.4, -0.2) is 28.9 Å². The maximum Gasteiger partial charge on any atom is 0.259 e. The van der Waals surface area contributed by atoms with Gasteiger partial charge in [-0.1, -0.05) is 18.6 Å². The number of nitrogens with one attached hydrogen (secondary N) is 1. The van der Waals surface area contributed by atoms with Gasteiger partial charge in [0, 0.05) is 17.6 Å². The van der Waals surface area contributed by atoms with E-state index in [1.54, 1.807) is 18.2 Å². The van der Waals surface area contributed by atoms with E-state index in [4.69, 9.17) is 5.73 Å². The van der Waals surface area contributed by atoms with Gasteiger partial charge in [0.25, 0.3) is 5.91 Å². The van der Waals surface area contributed by atoms with Crippen LogP contribution in [0.4, 0.5) is 10.8 Å². The normalized spacial score (nSPS) is 15.6. The number of carbonyl (C=O) groups excluding carboxylic acids is 1. The molecular weight excluding hydrogens is 296 g/mol. The van der Waals surface area contributed by atoms with Crippen molar-refractivity contribution in [3.63, 3.8) is 0 Å². The van der Waals surface area contributed by atoms with Gasteiger partial charge >= 0.3 is 0 Å². The molecule has 0 radical (unpaired) electrons. The Hall–Kier alpha value is -1.92. The second-order valence-corrected chi connectivity index (χ2v) is 6.38. The monoisotopic (exact) mass is 316 g/mol. The number of likely N-dealkylation sites (tertiary alicyclic amines) is 1. The number of aromatic nitrogens is 1. The van der Waals surface area contributed by atoms with Crippen LogP contribution < -0.4 is 11.1 Å². The molecule has 1 aromatic heterocycles. The number of benzene rings is 1. The van der Waals surface area contributed by atoms with Crippen LogP contribution in [0.5, 0.6) is 0 Å². The Morgan fingerprint density at radius 3 is 2.82 bits per heavy atom. The molecule has 2 aromatic rings. The van der Waals surface area contributed by atoms with Gasteiger partial charge in [0.1, 0.15) is 0 Å². The molecule has 3 N–H and O–H groups in total. The van der Waals surface area contributed by atoms with E-state index in [1.165, 1.54) is 30.6 Å². The van der Waals surface area contributed by atoms with Crippen LogP contribution in [0.15, 0.2) is 29.6 Å². The van der Waals surface area contributed by atoms with Crippen molar-refractivity contribution < 1.29 is 4.79 Å². The van der Waals surface area contributed by atoms with Crippen molar-refractivity contribution >= 4 is 28.1 Å². The third-order valence-electron chi connectivity index (χ3n) is 3.81. The van der Waals surface area contributed by atoms with Gasteiger partial charge in [0.2, 0.25) is 0 Å². The fourth-order valence-corrected chi connectivity index (χ4v) is 3.35. The number of hydrogen-bond acceptors (Lipinski definition) is 5. The summed E-state index contributed by atoms with van der Waals surface area (Å²) in [6.07, 6.45) is 3.86. The highest BCUT2D eigenvalue weighted by Crippen LogP contribution is 2.20. The number of rotatable bonds is 4. The van der Waals surface area contributed by atoms with E-state index in [2.05, 4.69) is 15.2 Å². The van der Waals surface area contributed by atoms with Crippen LogP contribution in [-0.2, 0) is 6.54 Å². The van der Waals surface area contributed by atoms with Crippen molar-refractivity contribution in [1.82, 2.24) is 9.88 Å². The molecule has 22 heavy (non-hydrogen) atoms. The number of carbonyl (C=O) groups is 1. The molecule has 1 amide bonds. The molecule has 1 aliphatic heterocycles. The van der Waals surface area contributed by atoms with E-state index in [1.807, 2.05) is 11.4 Å². The highest BCUT2D eigenvalue weighted by Gasteiger charge is 2.14. The third kappa shape index (κ3) is 3.64. The van der Waals surface area contributed by atoms with Crippen molar-refractivity contribution in [3.05, 3.63) is 40.9 Å².